The number of nitrogens with one attached hydrogen (secondary N) is 1. The Bertz CT molecular complexity index is 712. The highest BCUT2D eigenvalue weighted by atomic mass is 16.5. The maximum absolute atomic E-state index is 6.09. The molecular formula is C24H34N2O2. The van der Waals surface area contributed by atoms with Gasteiger partial charge in [-0.25, -0.2) is 0 Å². The number of hydrogen-bond acceptors (Lipinski definition) is 4. The molecule has 0 spiro atoms. The molecule has 0 aromatic heterocycles. The van der Waals surface area contributed by atoms with Crippen LogP contribution in [-0.2, 0) is 6.61 Å². The summed E-state index contributed by atoms with van der Waals surface area (Å²) in [5, 5.41) is 3.46. The molecule has 1 saturated heterocycles. The van der Waals surface area contributed by atoms with Gasteiger partial charge < -0.3 is 14.8 Å². The maximum Gasteiger partial charge on any atom is 0.161 e. The van der Waals surface area contributed by atoms with Crippen molar-refractivity contribution < 1.29 is 9.47 Å². The summed E-state index contributed by atoms with van der Waals surface area (Å²) in [7, 11) is 0. The molecule has 0 saturated carbocycles. The van der Waals surface area contributed by atoms with E-state index in [0.717, 1.165) is 49.7 Å². The standard InChI is InChI=1S/C24H34N2O2/c1-4-27-24-17-21(22(16-19(2)3)26-14-12-25-13-15-26)10-11-23(24)28-18-20-8-6-5-7-9-20/h5-11,17,19,22,25H,4,12-16,18H2,1-3H3/t22-/m1/s1. The highest BCUT2D eigenvalue weighted by molar-refractivity contribution is 5.44. The largest absolute Gasteiger partial charge is 0.490 e. The first-order valence-electron chi connectivity index (χ1n) is 10.6. The van der Waals surface area contributed by atoms with Crippen LogP contribution in [0.15, 0.2) is 48.5 Å². The fourth-order valence-corrected chi connectivity index (χ4v) is 3.79. The van der Waals surface area contributed by atoms with Gasteiger partial charge in [0.05, 0.1) is 6.61 Å². The molecule has 2 aromatic carbocycles. The van der Waals surface area contributed by atoms with Crippen molar-refractivity contribution in [1.29, 1.82) is 0 Å². The van der Waals surface area contributed by atoms with Gasteiger partial charge in [0.15, 0.2) is 11.5 Å². The third kappa shape index (κ3) is 5.73. The molecule has 4 nitrogen and oxygen atoms in total. The monoisotopic (exact) mass is 382 g/mol. The predicted octanol–water partition coefficient (Wildman–Crippen LogP) is 4.66. The Kier molecular flexibility index (Phi) is 7.75. The van der Waals surface area contributed by atoms with Crippen molar-refractivity contribution in [3.63, 3.8) is 0 Å². The van der Waals surface area contributed by atoms with Crippen LogP contribution in [0.25, 0.3) is 0 Å². The molecule has 152 valence electrons. The van der Waals surface area contributed by atoms with Crippen LogP contribution < -0.4 is 14.8 Å². The highest BCUT2D eigenvalue weighted by Crippen LogP contribution is 2.35. The zero-order valence-corrected chi connectivity index (χ0v) is 17.5. The Morgan fingerprint density at radius 3 is 2.39 bits per heavy atom. The maximum atomic E-state index is 6.09. The summed E-state index contributed by atoms with van der Waals surface area (Å²) in [5.74, 6) is 2.31. The normalized spacial score (nSPS) is 16.1. The summed E-state index contributed by atoms with van der Waals surface area (Å²) in [6.45, 7) is 12.1. The second-order valence-electron chi connectivity index (χ2n) is 7.84. The predicted molar refractivity (Wildman–Crippen MR) is 115 cm³/mol. The van der Waals surface area contributed by atoms with Crippen LogP contribution in [0.5, 0.6) is 11.5 Å². The van der Waals surface area contributed by atoms with Crippen molar-refractivity contribution in [2.45, 2.75) is 39.8 Å². The summed E-state index contributed by atoms with van der Waals surface area (Å²) < 4.78 is 12.0. The van der Waals surface area contributed by atoms with Gasteiger partial charge in [-0.3, -0.25) is 4.90 Å². The van der Waals surface area contributed by atoms with Gasteiger partial charge in [0.1, 0.15) is 6.61 Å². The minimum Gasteiger partial charge on any atom is -0.490 e. The molecule has 1 N–H and O–H groups in total. The van der Waals surface area contributed by atoms with E-state index < -0.39 is 0 Å². The first kappa shape index (κ1) is 20.7. The summed E-state index contributed by atoms with van der Waals surface area (Å²) in [5.41, 5.74) is 2.48. The van der Waals surface area contributed by atoms with Crippen LogP contribution in [0.1, 0.15) is 44.4 Å². The lowest BCUT2D eigenvalue weighted by atomic mass is 9.94. The second-order valence-corrected chi connectivity index (χ2v) is 7.84. The quantitative estimate of drug-likeness (QED) is 0.684. The van der Waals surface area contributed by atoms with E-state index in [1.165, 1.54) is 5.56 Å². The average molecular weight is 383 g/mol. The molecule has 0 bridgehead atoms. The summed E-state index contributed by atoms with van der Waals surface area (Å²) in [6, 6.07) is 17.2. The molecule has 1 atom stereocenters. The molecule has 0 aliphatic carbocycles. The molecule has 1 heterocycles. The van der Waals surface area contributed by atoms with Crippen molar-refractivity contribution in [3.05, 3.63) is 59.7 Å². The fraction of sp³-hybridized carbons (Fsp3) is 0.500. The first-order valence-corrected chi connectivity index (χ1v) is 10.6. The third-order valence-electron chi connectivity index (χ3n) is 5.18. The minimum atomic E-state index is 0.421. The Labute approximate surface area is 169 Å². The van der Waals surface area contributed by atoms with E-state index in [2.05, 4.69) is 54.4 Å². The Morgan fingerprint density at radius 2 is 1.71 bits per heavy atom. The lowest BCUT2D eigenvalue weighted by molar-refractivity contribution is 0.153. The molecule has 1 fully saturated rings. The third-order valence-corrected chi connectivity index (χ3v) is 5.18. The zero-order chi connectivity index (χ0) is 19.8. The summed E-state index contributed by atoms with van der Waals surface area (Å²) >= 11 is 0. The van der Waals surface area contributed by atoms with Crippen LogP contribution in [0, 0.1) is 5.92 Å². The van der Waals surface area contributed by atoms with Crippen LogP contribution in [0.4, 0.5) is 0 Å². The van der Waals surface area contributed by atoms with E-state index in [4.69, 9.17) is 9.47 Å². The molecule has 28 heavy (non-hydrogen) atoms. The summed E-state index contributed by atoms with van der Waals surface area (Å²) in [6.07, 6.45) is 1.15. The van der Waals surface area contributed by atoms with Crippen LogP contribution in [0.3, 0.4) is 0 Å². The molecule has 0 amide bonds. The summed E-state index contributed by atoms with van der Waals surface area (Å²) in [4.78, 5) is 2.60. The first-order chi connectivity index (χ1) is 13.7. The molecule has 2 aromatic rings. The highest BCUT2D eigenvalue weighted by Gasteiger charge is 2.24. The number of ether oxygens (including phenoxy) is 2. The van der Waals surface area contributed by atoms with Crippen LogP contribution in [-0.4, -0.2) is 37.7 Å². The molecule has 1 aliphatic heterocycles. The lowest BCUT2D eigenvalue weighted by Gasteiger charge is -2.36. The molecule has 3 rings (SSSR count). The number of nitrogens with zero attached hydrogens (tertiary/aromatic N) is 1. The molecule has 0 unspecified atom stereocenters. The molecule has 0 radical (unpaired) electrons. The van der Waals surface area contributed by atoms with Gasteiger partial charge >= 0.3 is 0 Å². The molecule has 4 heteroatoms. The van der Waals surface area contributed by atoms with Gasteiger partial charge in [-0.1, -0.05) is 50.2 Å². The minimum absolute atomic E-state index is 0.421. The zero-order valence-electron chi connectivity index (χ0n) is 17.5. The van der Waals surface area contributed by atoms with Crippen molar-refractivity contribution in [3.8, 4) is 11.5 Å². The van der Waals surface area contributed by atoms with E-state index in [0.29, 0.717) is 25.2 Å². The number of benzene rings is 2. The van der Waals surface area contributed by atoms with Gasteiger partial charge in [-0.15, -0.1) is 0 Å². The number of hydrogen-bond donors (Lipinski definition) is 1. The van der Waals surface area contributed by atoms with Gasteiger partial charge in [0, 0.05) is 32.2 Å². The van der Waals surface area contributed by atoms with Gasteiger partial charge in [0.25, 0.3) is 0 Å². The topological polar surface area (TPSA) is 33.7 Å². The van der Waals surface area contributed by atoms with E-state index in [-0.39, 0.29) is 0 Å². The molecular weight excluding hydrogens is 348 g/mol. The second kappa shape index (κ2) is 10.5. The number of rotatable bonds is 9. The van der Waals surface area contributed by atoms with E-state index in [1.54, 1.807) is 0 Å². The van der Waals surface area contributed by atoms with Crippen molar-refractivity contribution >= 4 is 0 Å². The molecule has 1 aliphatic rings. The van der Waals surface area contributed by atoms with Gasteiger partial charge in [-0.2, -0.15) is 0 Å². The smallest absolute Gasteiger partial charge is 0.161 e. The Hall–Kier alpha value is -2.04. The van der Waals surface area contributed by atoms with Crippen LogP contribution >= 0.6 is 0 Å². The van der Waals surface area contributed by atoms with Gasteiger partial charge in [0.2, 0.25) is 0 Å². The van der Waals surface area contributed by atoms with Crippen molar-refractivity contribution in [2.75, 3.05) is 32.8 Å². The van der Waals surface area contributed by atoms with E-state index in [1.807, 2.05) is 25.1 Å². The van der Waals surface area contributed by atoms with Gasteiger partial charge in [-0.05, 0) is 42.5 Å². The Balaban J connectivity index is 1.80. The Morgan fingerprint density at radius 1 is 0.964 bits per heavy atom. The van der Waals surface area contributed by atoms with Crippen molar-refractivity contribution in [1.82, 2.24) is 10.2 Å². The van der Waals surface area contributed by atoms with E-state index in [9.17, 15) is 0 Å². The van der Waals surface area contributed by atoms with E-state index >= 15 is 0 Å². The SMILES string of the molecule is CCOc1cc([C@@H](CC(C)C)N2CCNCC2)ccc1OCc1ccccc1. The lowest BCUT2D eigenvalue weighted by Crippen LogP contribution is -2.45. The fourth-order valence-electron chi connectivity index (χ4n) is 3.79. The number of piperazine rings is 1. The average Bonchev–Trinajstić information content (AvgIpc) is 2.72. The van der Waals surface area contributed by atoms with Crippen LogP contribution in [0.2, 0.25) is 0 Å². The van der Waals surface area contributed by atoms with Crippen molar-refractivity contribution in [2.24, 2.45) is 5.92 Å².